The van der Waals surface area contributed by atoms with Crippen molar-refractivity contribution in [1.82, 2.24) is 4.98 Å². The number of esters is 1. The highest BCUT2D eigenvalue weighted by molar-refractivity contribution is 7.13. The lowest BCUT2D eigenvalue weighted by Gasteiger charge is -2.00. The summed E-state index contributed by atoms with van der Waals surface area (Å²) in [5.74, 6) is 1.41. The van der Waals surface area contributed by atoms with E-state index in [4.69, 9.17) is 9.15 Å². The first-order valence-electron chi connectivity index (χ1n) is 6.80. The number of nitrogens with zero attached hydrogens (tertiary/aromatic N) is 1. The molecule has 2 heterocycles. The third-order valence-electron chi connectivity index (χ3n) is 3.37. The van der Waals surface area contributed by atoms with E-state index < -0.39 is 0 Å². The summed E-state index contributed by atoms with van der Waals surface area (Å²) >= 11 is 1.57. The van der Waals surface area contributed by atoms with Crippen LogP contribution in [0.1, 0.15) is 21.9 Å². The molecule has 0 bridgehead atoms. The Balaban J connectivity index is 1.90. The largest absolute Gasteiger partial charge is 0.466 e. The molecule has 0 fully saturated rings. The Bertz CT molecular complexity index is 815. The number of carbonyl (C=O) groups is 1. The number of benzene rings is 1. The second-order valence-corrected chi connectivity index (χ2v) is 5.79. The lowest BCUT2D eigenvalue weighted by molar-refractivity contribution is 0.0601. The summed E-state index contributed by atoms with van der Waals surface area (Å²) in [5.41, 5.74) is 3.43. The highest BCUT2D eigenvalue weighted by atomic mass is 32.1. The van der Waals surface area contributed by atoms with Crippen molar-refractivity contribution in [3.05, 3.63) is 52.8 Å². The number of methoxy groups -OCH3 is 1. The van der Waals surface area contributed by atoms with Gasteiger partial charge in [0, 0.05) is 16.5 Å². The number of carbonyl (C=O) groups excluding carboxylic acids is 1. The van der Waals surface area contributed by atoms with Gasteiger partial charge in [0.25, 0.3) is 0 Å². The molecule has 0 aliphatic heterocycles. The van der Waals surface area contributed by atoms with Crippen LogP contribution in [0.5, 0.6) is 0 Å². The van der Waals surface area contributed by atoms with Gasteiger partial charge in [-0.2, -0.15) is 0 Å². The van der Waals surface area contributed by atoms with E-state index in [1.807, 2.05) is 37.4 Å². The molecule has 0 saturated heterocycles. The van der Waals surface area contributed by atoms with Gasteiger partial charge in [0.05, 0.1) is 18.4 Å². The van der Waals surface area contributed by atoms with E-state index in [0.717, 1.165) is 33.3 Å². The Hall–Kier alpha value is -2.40. The van der Waals surface area contributed by atoms with Crippen LogP contribution in [0.2, 0.25) is 0 Å². The monoisotopic (exact) mass is 313 g/mol. The summed E-state index contributed by atoms with van der Waals surface area (Å²) in [7, 11) is 1.37. The molecule has 0 atom stereocenters. The fraction of sp³-hybridized carbons (Fsp3) is 0.176. The van der Waals surface area contributed by atoms with Crippen molar-refractivity contribution in [2.24, 2.45) is 0 Å². The van der Waals surface area contributed by atoms with Gasteiger partial charge in [0.1, 0.15) is 16.5 Å². The normalized spacial score (nSPS) is 10.7. The highest BCUT2D eigenvalue weighted by Gasteiger charge is 2.12. The van der Waals surface area contributed by atoms with Crippen molar-refractivity contribution in [3.8, 4) is 21.8 Å². The lowest BCUT2D eigenvalue weighted by atomic mass is 10.1. The SMILES string of the molecule is COC(=O)c1ccc(-c2nc(-c3cc(C)oc3C)cs2)cc1. The van der Waals surface area contributed by atoms with E-state index in [0.29, 0.717) is 5.56 Å². The van der Waals surface area contributed by atoms with Crippen LogP contribution in [0.25, 0.3) is 21.8 Å². The van der Waals surface area contributed by atoms with Gasteiger partial charge in [-0.25, -0.2) is 9.78 Å². The first kappa shape index (κ1) is 14.5. The van der Waals surface area contributed by atoms with E-state index in [9.17, 15) is 4.79 Å². The van der Waals surface area contributed by atoms with E-state index in [1.165, 1.54) is 7.11 Å². The van der Waals surface area contributed by atoms with Crippen LogP contribution >= 0.6 is 11.3 Å². The Kier molecular flexibility index (Phi) is 3.81. The van der Waals surface area contributed by atoms with Crippen LogP contribution in [-0.2, 0) is 4.74 Å². The predicted molar refractivity (Wildman–Crippen MR) is 86.1 cm³/mol. The number of thiazole rings is 1. The van der Waals surface area contributed by atoms with E-state index in [-0.39, 0.29) is 5.97 Å². The zero-order valence-corrected chi connectivity index (χ0v) is 13.4. The molecule has 22 heavy (non-hydrogen) atoms. The molecule has 0 amide bonds. The molecule has 2 aromatic heterocycles. The second-order valence-electron chi connectivity index (χ2n) is 4.93. The Morgan fingerprint density at radius 3 is 2.55 bits per heavy atom. The van der Waals surface area contributed by atoms with E-state index in [2.05, 4.69) is 4.98 Å². The lowest BCUT2D eigenvalue weighted by Crippen LogP contribution is -2.00. The topological polar surface area (TPSA) is 52.3 Å². The average Bonchev–Trinajstić information content (AvgIpc) is 3.13. The van der Waals surface area contributed by atoms with Crippen LogP contribution in [0.15, 0.2) is 40.1 Å². The molecular weight excluding hydrogens is 298 g/mol. The first-order chi connectivity index (χ1) is 10.6. The van der Waals surface area contributed by atoms with E-state index in [1.54, 1.807) is 23.5 Å². The molecule has 0 unspecified atom stereocenters. The van der Waals surface area contributed by atoms with Crippen LogP contribution in [0.3, 0.4) is 0 Å². The minimum absolute atomic E-state index is 0.337. The van der Waals surface area contributed by atoms with Crippen molar-refractivity contribution in [2.75, 3.05) is 7.11 Å². The third-order valence-corrected chi connectivity index (χ3v) is 4.27. The molecule has 112 valence electrons. The molecule has 1 aromatic carbocycles. The molecule has 5 heteroatoms. The number of furan rings is 1. The molecular formula is C17H15NO3S. The number of aryl methyl sites for hydroxylation is 2. The number of ether oxygens (including phenoxy) is 1. The average molecular weight is 313 g/mol. The van der Waals surface area contributed by atoms with Gasteiger partial charge in [0.15, 0.2) is 0 Å². The minimum atomic E-state index is -0.337. The van der Waals surface area contributed by atoms with Crippen molar-refractivity contribution in [3.63, 3.8) is 0 Å². The maximum absolute atomic E-state index is 11.4. The maximum Gasteiger partial charge on any atom is 0.337 e. The number of hydrogen-bond donors (Lipinski definition) is 0. The fourth-order valence-electron chi connectivity index (χ4n) is 2.28. The van der Waals surface area contributed by atoms with Gasteiger partial charge in [-0.15, -0.1) is 11.3 Å². The predicted octanol–water partition coefficient (Wildman–Crippen LogP) is 4.47. The molecule has 0 N–H and O–H groups in total. The summed E-state index contributed by atoms with van der Waals surface area (Å²) in [5, 5.41) is 2.92. The Morgan fingerprint density at radius 2 is 1.95 bits per heavy atom. The zero-order chi connectivity index (χ0) is 15.7. The molecule has 4 nitrogen and oxygen atoms in total. The van der Waals surface area contributed by atoms with Gasteiger partial charge in [0.2, 0.25) is 0 Å². The highest BCUT2D eigenvalue weighted by Crippen LogP contribution is 2.32. The molecule has 3 aromatic rings. The molecule has 0 saturated carbocycles. The van der Waals surface area contributed by atoms with Crippen molar-refractivity contribution in [2.45, 2.75) is 13.8 Å². The van der Waals surface area contributed by atoms with Gasteiger partial charge in [-0.05, 0) is 32.0 Å². The summed E-state index contributed by atoms with van der Waals surface area (Å²) < 4.78 is 10.2. The van der Waals surface area contributed by atoms with Gasteiger partial charge < -0.3 is 9.15 Å². The summed E-state index contributed by atoms with van der Waals surface area (Å²) in [6.45, 7) is 3.86. The van der Waals surface area contributed by atoms with Gasteiger partial charge in [-0.1, -0.05) is 12.1 Å². The summed E-state index contributed by atoms with van der Waals surface area (Å²) in [4.78, 5) is 16.1. The molecule has 0 radical (unpaired) electrons. The number of hydrogen-bond acceptors (Lipinski definition) is 5. The Morgan fingerprint density at radius 1 is 1.23 bits per heavy atom. The van der Waals surface area contributed by atoms with E-state index >= 15 is 0 Å². The molecule has 0 aliphatic carbocycles. The maximum atomic E-state index is 11.4. The van der Waals surface area contributed by atoms with Gasteiger partial charge >= 0.3 is 5.97 Å². The summed E-state index contributed by atoms with van der Waals surface area (Å²) in [6.07, 6.45) is 0. The third kappa shape index (κ3) is 2.67. The molecule has 3 rings (SSSR count). The Labute approximate surface area is 132 Å². The van der Waals surface area contributed by atoms with Crippen LogP contribution in [0, 0.1) is 13.8 Å². The number of rotatable bonds is 3. The van der Waals surface area contributed by atoms with Crippen molar-refractivity contribution >= 4 is 17.3 Å². The molecule has 0 aliphatic rings. The van der Waals surface area contributed by atoms with Crippen LogP contribution < -0.4 is 0 Å². The second kappa shape index (κ2) is 5.77. The van der Waals surface area contributed by atoms with Crippen molar-refractivity contribution in [1.29, 1.82) is 0 Å². The summed E-state index contributed by atoms with van der Waals surface area (Å²) in [6, 6.07) is 9.24. The quantitative estimate of drug-likeness (QED) is 0.669. The van der Waals surface area contributed by atoms with Crippen LogP contribution in [-0.4, -0.2) is 18.1 Å². The number of aromatic nitrogens is 1. The van der Waals surface area contributed by atoms with Gasteiger partial charge in [-0.3, -0.25) is 0 Å². The zero-order valence-electron chi connectivity index (χ0n) is 12.5. The smallest absolute Gasteiger partial charge is 0.337 e. The molecule has 0 spiro atoms. The fourth-order valence-corrected chi connectivity index (χ4v) is 3.11. The standard InChI is InChI=1S/C17H15NO3S/c1-10-8-14(11(2)21-10)15-9-22-16(18-15)12-4-6-13(7-5-12)17(19)20-3/h4-9H,1-3H3. The van der Waals surface area contributed by atoms with Crippen LogP contribution in [0.4, 0.5) is 0 Å². The first-order valence-corrected chi connectivity index (χ1v) is 7.68. The van der Waals surface area contributed by atoms with Crippen molar-refractivity contribution < 1.29 is 13.9 Å². The minimum Gasteiger partial charge on any atom is -0.466 e.